The first-order valence-corrected chi connectivity index (χ1v) is 8.60. The number of nitrogens with two attached hydrogens (primary N) is 1. The van der Waals surface area contributed by atoms with Crippen molar-refractivity contribution in [3.05, 3.63) is 59.9 Å². The van der Waals surface area contributed by atoms with Crippen LogP contribution in [0.25, 0.3) is 10.8 Å². The van der Waals surface area contributed by atoms with Gasteiger partial charge in [0.2, 0.25) is 0 Å². The molecule has 6 heteroatoms. The second-order valence-corrected chi connectivity index (χ2v) is 6.58. The maximum absolute atomic E-state index is 12.6. The van der Waals surface area contributed by atoms with Gasteiger partial charge in [-0.2, -0.15) is 0 Å². The fourth-order valence-electron chi connectivity index (χ4n) is 3.45. The number of benzene rings is 2. The highest BCUT2D eigenvalue weighted by atomic mass is 16.2. The number of hydrogen-bond acceptors (Lipinski definition) is 4. The highest BCUT2D eigenvalue weighted by Gasteiger charge is 2.27. The Labute approximate surface area is 146 Å². The highest BCUT2D eigenvalue weighted by Crippen LogP contribution is 2.20. The van der Waals surface area contributed by atoms with Gasteiger partial charge in [-0.05, 0) is 35.2 Å². The summed E-state index contributed by atoms with van der Waals surface area (Å²) < 4.78 is 1.73. The van der Waals surface area contributed by atoms with Crippen molar-refractivity contribution in [2.24, 2.45) is 11.7 Å². The molecule has 1 unspecified atom stereocenters. The van der Waals surface area contributed by atoms with Crippen LogP contribution >= 0.6 is 0 Å². The third-order valence-electron chi connectivity index (χ3n) is 4.88. The first-order chi connectivity index (χ1) is 12.2. The minimum absolute atomic E-state index is 0.0554. The number of carbonyl (C=O) groups excluding carboxylic acids is 1. The lowest BCUT2D eigenvalue weighted by Gasteiger charge is -2.14. The van der Waals surface area contributed by atoms with Crippen molar-refractivity contribution in [1.29, 1.82) is 0 Å². The molecule has 2 heterocycles. The molecule has 2 aromatic carbocycles. The lowest BCUT2D eigenvalue weighted by Crippen LogP contribution is -2.30. The molecule has 0 bridgehead atoms. The van der Waals surface area contributed by atoms with Crippen molar-refractivity contribution in [1.82, 2.24) is 19.9 Å². The zero-order chi connectivity index (χ0) is 17.2. The first-order valence-electron chi connectivity index (χ1n) is 8.60. The van der Waals surface area contributed by atoms with Crippen LogP contribution in [0.3, 0.4) is 0 Å². The Hall–Kier alpha value is -2.73. The van der Waals surface area contributed by atoms with Crippen molar-refractivity contribution in [2.45, 2.75) is 13.0 Å². The van der Waals surface area contributed by atoms with Crippen molar-refractivity contribution in [3.8, 4) is 0 Å². The number of amides is 1. The monoisotopic (exact) mass is 335 g/mol. The van der Waals surface area contributed by atoms with Crippen LogP contribution in [0, 0.1) is 5.92 Å². The zero-order valence-corrected chi connectivity index (χ0v) is 14.0. The largest absolute Gasteiger partial charge is 0.337 e. The van der Waals surface area contributed by atoms with Crippen LogP contribution in [0.1, 0.15) is 22.5 Å². The van der Waals surface area contributed by atoms with Gasteiger partial charge in [0.05, 0.1) is 12.7 Å². The number of fused-ring (bicyclic) bond motifs is 1. The van der Waals surface area contributed by atoms with E-state index in [1.165, 1.54) is 10.8 Å². The van der Waals surface area contributed by atoms with E-state index < -0.39 is 0 Å². The predicted molar refractivity (Wildman–Crippen MR) is 96.1 cm³/mol. The Kier molecular flexibility index (Phi) is 4.19. The number of hydrogen-bond donors (Lipinski definition) is 1. The topological polar surface area (TPSA) is 77.0 Å². The predicted octanol–water partition coefficient (Wildman–Crippen LogP) is 1.90. The van der Waals surface area contributed by atoms with Crippen molar-refractivity contribution in [2.75, 3.05) is 19.6 Å². The number of likely N-dealkylation sites (tertiary alicyclic amines) is 1. The Bertz CT molecular complexity index is 898. The van der Waals surface area contributed by atoms with Crippen LogP contribution in [0.4, 0.5) is 0 Å². The van der Waals surface area contributed by atoms with Crippen LogP contribution in [0.2, 0.25) is 0 Å². The second-order valence-electron chi connectivity index (χ2n) is 6.58. The SMILES string of the molecule is NCC1CCN(C(=O)c2cn(Cc3cccc4ccccc34)nn2)C1. The average Bonchev–Trinajstić information content (AvgIpc) is 3.31. The van der Waals surface area contributed by atoms with Crippen LogP contribution in [-0.2, 0) is 6.54 Å². The maximum Gasteiger partial charge on any atom is 0.276 e. The third-order valence-corrected chi connectivity index (χ3v) is 4.88. The van der Waals surface area contributed by atoms with Crippen molar-refractivity contribution in [3.63, 3.8) is 0 Å². The van der Waals surface area contributed by atoms with E-state index in [0.29, 0.717) is 31.2 Å². The number of nitrogens with zero attached hydrogens (tertiary/aromatic N) is 4. The Morgan fingerprint density at radius 1 is 1.20 bits per heavy atom. The standard InChI is InChI=1S/C19H21N5O/c20-10-14-8-9-23(11-14)19(25)18-13-24(22-21-18)12-16-6-3-5-15-4-1-2-7-17(15)16/h1-7,13-14H,8-12,20H2. The molecule has 1 fully saturated rings. The summed E-state index contributed by atoms with van der Waals surface area (Å²) in [5.74, 6) is 0.342. The Morgan fingerprint density at radius 3 is 2.88 bits per heavy atom. The minimum atomic E-state index is -0.0554. The maximum atomic E-state index is 12.6. The molecular weight excluding hydrogens is 314 g/mol. The lowest BCUT2D eigenvalue weighted by molar-refractivity contribution is 0.0781. The van der Waals surface area contributed by atoms with Crippen molar-refractivity contribution >= 4 is 16.7 Å². The normalized spacial score (nSPS) is 17.3. The van der Waals surface area contributed by atoms with E-state index in [-0.39, 0.29) is 5.91 Å². The second kappa shape index (κ2) is 6.64. The van der Waals surface area contributed by atoms with E-state index in [2.05, 4.69) is 34.6 Å². The molecule has 1 atom stereocenters. The van der Waals surface area contributed by atoms with Gasteiger partial charge in [-0.25, -0.2) is 4.68 Å². The van der Waals surface area contributed by atoms with Crippen LogP contribution < -0.4 is 5.73 Å². The molecule has 0 spiro atoms. The molecule has 2 N–H and O–H groups in total. The highest BCUT2D eigenvalue weighted by molar-refractivity contribution is 5.92. The van der Waals surface area contributed by atoms with Gasteiger partial charge in [-0.3, -0.25) is 4.79 Å². The third kappa shape index (κ3) is 3.13. The smallest absolute Gasteiger partial charge is 0.276 e. The summed E-state index contributed by atoms with van der Waals surface area (Å²) in [6.07, 6.45) is 2.70. The summed E-state index contributed by atoms with van der Waals surface area (Å²) in [5.41, 5.74) is 7.26. The summed E-state index contributed by atoms with van der Waals surface area (Å²) in [6, 6.07) is 14.5. The van der Waals surface area contributed by atoms with Gasteiger partial charge in [-0.15, -0.1) is 5.10 Å². The first kappa shape index (κ1) is 15.8. The fourth-order valence-corrected chi connectivity index (χ4v) is 3.45. The molecule has 1 aliphatic heterocycles. The summed E-state index contributed by atoms with van der Waals surface area (Å²) in [4.78, 5) is 14.4. The van der Waals surface area contributed by atoms with E-state index in [1.54, 1.807) is 10.9 Å². The molecule has 1 aliphatic rings. The van der Waals surface area contributed by atoms with E-state index in [9.17, 15) is 4.79 Å². The average molecular weight is 335 g/mol. The van der Waals surface area contributed by atoms with Gasteiger partial charge in [0, 0.05) is 13.1 Å². The van der Waals surface area contributed by atoms with E-state index in [4.69, 9.17) is 5.73 Å². The number of rotatable bonds is 4. The number of aromatic nitrogens is 3. The van der Waals surface area contributed by atoms with Crippen molar-refractivity contribution < 1.29 is 4.79 Å². The summed E-state index contributed by atoms with van der Waals surface area (Å²) in [5, 5.41) is 10.6. The van der Waals surface area contributed by atoms with Gasteiger partial charge in [-0.1, -0.05) is 47.7 Å². The van der Waals surface area contributed by atoms with E-state index in [1.807, 2.05) is 23.1 Å². The summed E-state index contributed by atoms with van der Waals surface area (Å²) in [7, 11) is 0. The van der Waals surface area contributed by atoms with Gasteiger partial charge in [0.1, 0.15) is 0 Å². The molecule has 0 radical (unpaired) electrons. The Balaban J connectivity index is 1.52. The van der Waals surface area contributed by atoms with Gasteiger partial charge in [0.15, 0.2) is 5.69 Å². The molecule has 1 aromatic heterocycles. The number of carbonyl (C=O) groups is 1. The fraction of sp³-hybridized carbons (Fsp3) is 0.316. The summed E-state index contributed by atoms with van der Waals surface area (Å²) in [6.45, 7) is 2.67. The lowest BCUT2D eigenvalue weighted by atomic mass is 10.0. The van der Waals surface area contributed by atoms with E-state index in [0.717, 1.165) is 18.5 Å². The molecule has 4 rings (SSSR count). The van der Waals surface area contributed by atoms with Crippen LogP contribution in [-0.4, -0.2) is 45.4 Å². The molecule has 25 heavy (non-hydrogen) atoms. The quantitative estimate of drug-likeness (QED) is 0.790. The Morgan fingerprint density at radius 2 is 2.04 bits per heavy atom. The summed E-state index contributed by atoms with van der Waals surface area (Å²) >= 11 is 0. The van der Waals surface area contributed by atoms with Gasteiger partial charge >= 0.3 is 0 Å². The van der Waals surface area contributed by atoms with Gasteiger partial charge < -0.3 is 10.6 Å². The molecule has 3 aromatic rings. The molecule has 128 valence electrons. The van der Waals surface area contributed by atoms with Crippen LogP contribution in [0.15, 0.2) is 48.7 Å². The molecule has 0 aliphatic carbocycles. The van der Waals surface area contributed by atoms with E-state index >= 15 is 0 Å². The molecule has 6 nitrogen and oxygen atoms in total. The zero-order valence-electron chi connectivity index (χ0n) is 14.0. The molecular formula is C19H21N5O. The van der Waals surface area contributed by atoms with Crippen LogP contribution in [0.5, 0.6) is 0 Å². The molecule has 0 saturated carbocycles. The van der Waals surface area contributed by atoms with Gasteiger partial charge in [0.25, 0.3) is 5.91 Å². The molecule has 1 saturated heterocycles. The molecule has 1 amide bonds. The minimum Gasteiger partial charge on any atom is -0.337 e.